The molecule has 1 aliphatic heterocycles. The maximum Gasteiger partial charge on any atom is 0.259 e. The van der Waals surface area contributed by atoms with E-state index in [1.165, 1.54) is 0 Å². The van der Waals surface area contributed by atoms with Crippen LogP contribution in [-0.2, 0) is 0 Å². The smallest absolute Gasteiger partial charge is 0.259 e. The number of ether oxygens (including phenoxy) is 2. The Bertz CT molecular complexity index is 655. The topological polar surface area (TPSA) is 73.6 Å². The van der Waals surface area contributed by atoms with E-state index in [0.29, 0.717) is 41.7 Å². The van der Waals surface area contributed by atoms with Gasteiger partial charge in [0.25, 0.3) is 5.91 Å². The van der Waals surface area contributed by atoms with Crippen LogP contribution in [0, 0.1) is 0 Å². The van der Waals surface area contributed by atoms with Crippen molar-refractivity contribution < 1.29 is 14.3 Å². The van der Waals surface area contributed by atoms with E-state index in [1.54, 1.807) is 30.3 Å². The number of fused-ring (bicyclic) bond motifs is 1. The summed E-state index contributed by atoms with van der Waals surface area (Å²) in [4.78, 5) is 12.3. The van der Waals surface area contributed by atoms with Gasteiger partial charge in [-0.15, -0.1) is 0 Å². The Morgan fingerprint density at radius 2 is 1.85 bits per heavy atom. The summed E-state index contributed by atoms with van der Waals surface area (Å²) < 4.78 is 11.0. The zero-order valence-corrected chi connectivity index (χ0v) is 10.8. The highest BCUT2D eigenvalue weighted by atomic mass is 16.6. The molecule has 2 aromatic rings. The minimum atomic E-state index is -0.273. The molecule has 0 bridgehead atoms. The van der Waals surface area contributed by atoms with Gasteiger partial charge in [0.2, 0.25) is 0 Å². The lowest BCUT2D eigenvalue weighted by atomic mass is 10.1. The molecule has 0 radical (unpaired) electrons. The molecule has 0 aliphatic carbocycles. The quantitative estimate of drug-likeness (QED) is 0.821. The van der Waals surface area contributed by atoms with Crippen LogP contribution in [0.4, 0.5) is 11.4 Å². The van der Waals surface area contributed by atoms with Crippen LogP contribution in [-0.4, -0.2) is 19.1 Å². The van der Waals surface area contributed by atoms with Crippen LogP contribution in [0.15, 0.2) is 42.5 Å². The van der Waals surface area contributed by atoms with Gasteiger partial charge in [-0.2, -0.15) is 0 Å². The van der Waals surface area contributed by atoms with Crippen LogP contribution in [0.3, 0.4) is 0 Å². The van der Waals surface area contributed by atoms with E-state index in [1.807, 2.05) is 12.1 Å². The first-order valence-corrected chi connectivity index (χ1v) is 6.30. The highest BCUT2D eigenvalue weighted by Crippen LogP contribution is 2.34. The monoisotopic (exact) mass is 270 g/mol. The lowest BCUT2D eigenvalue weighted by molar-refractivity contribution is 0.101. The van der Waals surface area contributed by atoms with Crippen molar-refractivity contribution in [1.29, 1.82) is 0 Å². The molecule has 1 aliphatic rings. The van der Waals surface area contributed by atoms with E-state index in [4.69, 9.17) is 15.2 Å². The zero-order chi connectivity index (χ0) is 13.9. The summed E-state index contributed by atoms with van der Waals surface area (Å²) in [5, 5.41) is 2.78. The number of carbonyl (C=O) groups is 1. The lowest BCUT2D eigenvalue weighted by Crippen LogP contribution is -2.20. The molecule has 5 heteroatoms. The molecule has 0 fully saturated rings. The Morgan fingerprint density at radius 3 is 2.70 bits per heavy atom. The van der Waals surface area contributed by atoms with Gasteiger partial charge in [-0.25, -0.2) is 0 Å². The first kappa shape index (κ1) is 12.3. The van der Waals surface area contributed by atoms with Crippen LogP contribution in [0.5, 0.6) is 11.5 Å². The van der Waals surface area contributed by atoms with Crippen molar-refractivity contribution in [3.63, 3.8) is 0 Å². The number of para-hydroxylation sites is 3. The minimum absolute atomic E-state index is 0.273. The molecule has 5 nitrogen and oxygen atoms in total. The normalized spacial score (nSPS) is 12.8. The molecular weight excluding hydrogens is 256 g/mol. The standard InChI is InChI=1S/C15H14N2O3/c16-11-5-1-2-6-12(11)17-15(18)10-4-3-7-13-14(10)20-9-8-19-13/h1-7H,8-9,16H2,(H,17,18). The number of rotatable bonds is 2. The van der Waals surface area contributed by atoms with Crippen molar-refractivity contribution in [1.82, 2.24) is 0 Å². The number of nitrogens with one attached hydrogen (secondary N) is 1. The predicted octanol–water partition coefficient (Wildman–Crippen LogP) is 2.29. The van der Waals surface area contributed by atoms with E-state index in [-0.39, 0.29) is 5.91 Å². The Morgan fingerprint density at radius 1 is 1.05 bits per heavy atom. The lowest BCUT2D eigenvalue weighted by Gasteiger charge is -2.20. The number of anilines is 2. The maximum atomic E-state index is 12.3. The second-order valence-electron chi connectivity index (χ2n) is 4.37. The molecule has 0 unspecified atom stereocenters. The van der Waals surface area contributed by atoms with Gasteiger partial charge in [0.05, 0.1) is 16.9 Å². The van der Waals surface area contributed by atoms with E-state index in [0.717, 1.165) is 0 Å². The number of amides is 1. The average molecular weight is 270 g/mol. The zero-order valence-electron chi connectivity index (χ0n) is 10.8. The van der Waals surface area contributed by atoms with E-state index >= 15 is 0 Å². The summed E-state index contributed by atoms with van der Waals surface area (Å²) in [5.74, 6) is 0.793. The van der Waals surface area contributed by atoms with Crippen molar-refractivity contribution in [2.24, 2.45) is 0 Å². The summed E-state index contributed by atoms with van der Waals surface area (Å²) in [6.45, 7) is 0.925. The van der Waals surface area contributed by atoms with Crippen molar-refractivity contribution in [3.8, 4) is 11.5 Å². The molecule has 20 heavy (non-hydrogen) atoms. The SMILES string of the molecule is Nc1ccccc1NC(=O)c1cccc2c1OCCO2. The van der Waals surface area contributed by atoms with Gasteiger partial charge < -0.3 is 20.5 Å². The van der Waals surface area contributed by atoms with Crippen molar-refractivity contribution in [2.45, 2.75) is 0 Å². The average Bonchev–Trinajstić information content (AvgIpc) is 2.49. The first-order chi connectivity index (χ1) is 9.75. The summed E-state index contributed by atoms with van der Waals surface area (Å²) in [7, 11) is 0. The molecule has 0 saturated heterocycles. The van der Waals surface area contributed by atoms with Crippen LogP contribution < -0.4 is 20.5 Å². The predicted molar refractivity (Wildman–Crippen MR) is 76.2 cm³/mol. The van der Waals surface area contributed by atoms with E-state index in [9.17, 15) is 4.79 Å². The molecule has 102 valence electrons. The fourth-order valence-corrected chi connectivity index (χ4v) is 2.05. The summed E-state index contributed by atoms with van der Waals surface area (Å²) in [6.07, 6.45) is 0. The third-order valence-electron chi connectivity index (χ3n) is 3.02. The van der Waals surface area contributed by atoms with Gasteiger partial charge in [-0.05, 0) is 24.3 Å². The van der Waals surface area contributed by atoms with E-state index < -0.39 is 0 Å². The summed E-state index contributed by atoms with van der Waals surface area (Å²) >= 11 is 0. The van der Waals surface area contributed by atoms with Crippen LogP contribution in [0.25, 0.3) is 0 Å². The third-order valence-corrected chi connectivity index (χ3v) is 3.02. The van der Waals surface area contributed by atoms with Crippen molar-refractivity contribution >= 4 is 17.3 Å². The van der Waals surface area contributed by atoms with Crippen LogP contribution in [0.1, 0.15) is 10.4 Å². The Labute approximate surface area is 116 Å². The highest BCUT2D eigenvalue weighted by Gasteiger charge is 2.20. The van der Waals surface area contributed by atoms with Crippen molar-refractivity contribution in [2.75, 3.05) is 24.3 Å². The number of hydrogen-bond acceptors (Lipinski definition) is 4. The van der Waals surface area contributed by atoms with Crippen LogP contribution >= 0.6 is 0 Å². The number of carbonyl (C=O) groups excluding carboxylic acids is 1. The fraction of sp³-hybridized carbons (Fsp3) is 0.133. The Balaban J connectivity index is 1.90. The van der Waals surface area contributed by atoms with Gasteiger partial charge in [-0.1, -0.05) is 18.2 Å². The Kier molecular flexibility index (Phi) is 3.16. The summed E-state index contributed by atoms with van der Waals surface area (Å²) in [5.41, 5.74) is 7.34. The molecule has 0 saturated carbocycles. The molecule has 1 amide bonds. The van der Waals surface area contributed by atoms with Gasteiger partial charge >= 0.3 is 0 Å². The Hall–Kier alpha value is -2.69. The van der Waals surface area contributed by atoms with Gasteiger partial charge in [0, 0.05) is 0 Å². The molecule has 1 heterocycles. The maximum absolute atomic E-state index is 12.3. The molecule has 3 N–H and O–H groups in total. The number of nitrogen functional groups attached to an aromatic ring is 1. The highest BCUT2D eigenvalue weighted by molar-refractivity contribution is 6.08. The molecular formula is C15H14N2O3. The molecule has 0 aromatic heterocycles. The second kappa shape index (κ2) is 5.13. The van der Waals surface area contributed by atoms with Gasteiger partial charge in [0.15, 0.2) is 11.5 Å². The molecule has 3 rings (SSSR count). The first-order valence-electron chi connectivity index (χ1n) is 6.30. The molecule has 0 atom stereocenters. The molecule has 2 aromatic carbocycles. The largest absolute Gasteiger partial charge is 0.486 e. The number of hydrogen-bond donors (Lipinski definition) is 2. The van der Waals surface area contributed by atoms with Gasteiger partial charge in [0.1, 0.15) is 13.2 Å². The van der Waals surface area contributed by atoms with Crippen LogP contribution in [0.2, 0.25) is 0 Å². The van der Waals surface area contributed by atoms with E-state index in [2.05, 4.69) is 5.32 Å². The summed E-state index contributed by atoms with van der Waals surface area (Å²) in [6, 6.07) is 12.3. The molecule has 0 spiro atoms. The second-order valence-corrected chi connectivity index (χ2v) is 4.37. The number of nitrogens with two attached hydrogens (primary N) is 1. The number of benzene rings is 2. The van der Waals surface area contributed by atoms with Gasteiger partial charge in [-0.3, -0.25) is 4.79 Å². The third kappa shape index (κ3) is 2.25. The fourth-order valence-electron chi connectivity index (χ4n) is 2.05. The van der Waals surface area contributed by atoms with Crippen molar-refractivity contribution in [3.05, 3.63) is 48.0 Å². The minimum Gasteiger partial charge on any atom is -0.486 e.